The van der Waals surface area contributed by atoms with Crippen molar-refractivity contribution in [2.24, 2.45) is 0 Å². The molecule has 144 valence electrons. The third-order valence-corrected chi connectivity index (χ3v) is 4.35. The summed E-state index contributed by atoms with van der Waals surface area (Å²) in [6.07, 6.45) is 0.756. The number of amides is 1. The van der Waals surface area contributed by atoms with Crippen LogP contribution in [0.25, 0.3) is 0 Å². The Labute approximate surface area is 165 Å². The maximum absolute atomic E-state index is 12.6. The van der Waals surface area contributed by atoms with Gasteiger partial charge in [-0.2, -0.15) is 0 Å². The second-order valence-electron chi connectivity index (χ2n) is 6.48. The van der Waals surface area contributed by atoms with Crippen LogP contribution in [0.3, 0.4) is 0 Å². The molecule has 1 heterocycles. The molecule has 6 heteroatoms. The van der Waals surface area contributed by atoms with E-state index in [4.69, 9.17) is 4.74 Å². The van der Waals surface area contributed by atoms with Crippen molar-refractivity contribution >= 4 is 17.5 Å². The number of benzene rings is 2. The molecule has 0 fully saturated rings. The van der Waals surface area contributed by atoms with E-state index in [1.165, 1.54) is 0 Å². The van der Waals surface area contributed by atoms with E-state index in [0.717, 1.165) is 34.7 Å². The van der Waals surface area contributed by atoms with Crippen molar-refractivity contribution in [3.8, 4) is 5.75 Å². The molecule has 1 amide bonds. The molecule has 0 spiro atoms. The molecule has 0 bridgehead atoms. The summed E-state index contributed by atoms with van der Waals surface area (Å²) in [7, 11) is 1.66. The summed E-state index contributed by atoms with van der Waals surface area (Å²) in [5.74, 6) is 1.03. The van der Waals surface area contributed by atoms with Gasteiger partial charge in [0.1, 0.15) is 11.4 Å². The number of aryl methyl sites for hydroxylation is 2. The van der Waals surface area contributed by atoms with Crippen LogP contribution >= 0.6 is 0 Å². The zero-order valence-electron chi connectivity index (χ0n) is 16.3. The first-order chi connectivity index (χ1) is 13.6. The molecule has 0 aliphatic carbocycles. The number of para-hydroxylation sites is 2. The van der Waals surface area contributed by atoms with Crippen LogP contribution in [0.2, 0.25) is 0 Å². The summed E-state index contributed by atoms with van der Waals surface area (Å²) >= 11 is 0. The van der Waals surface area contributed by atoms with E-state index in [-0.39, 0.29) is 5.91 Å². The lowest BCUT2D eigenvalue weighted by atomic mass is 10.1. The summed E-state index contributed by atoms with van der Waals surface area (Å²) < 4.78 is 5.37. The van der Waals surface area contributed by atoms with Crippen LogP contribution in [-0.2, 0) is 6.42 Å². The normalized spacial score (nSPS) is 10.4. The highest BCUT2D eigenvalue weighted by molar-refractivity contribution is 6.03. The molecule has 0 saturated heterocycles. The van der Waals surface area contributed by atoms with Crippen molar-refractivity contribution in [2.45, 2.75) is 20.3 Å². The van der Waals surface area contributed by atoms with E-state index in [9.17, 15) is 4.79 Å². The number of hydrogen-bond acceptors (Lipinski definition) is 5. The number of carbonyl (C=O) groups excluding carboxylic acids is 1. The lowest BCUT2D eigenvalue weighted by Gasteiger charge is -2.11. The number of carbonyl (C=O) groups is 1. The predicted molar refractivity (Wildman–Crippen MR) is 111 cm³/mol. The van der Waals surface area contributed by atoms with Crippen molar-refractivity contribution in [1.29, 1.82) is 0 Å². The maximum Gasteiger partial charge on any atom is 0.274 e. The van der Waals surface area contributed by atoms with E-state index in [1.807, 2.05) is 62.4 Å². The van der Waals surface area contributed by atoms with Crippen molar-refractivity contribution in [3.63, 3.8) is 0 Å². The van der Waals surface area contributed by atoms with Crippen LogP contribution in [0.1, 0.15) is 27.3 Å². The number of anilines is 2. The molecule has 3 aromatic rings. The minimum Gasteiger partial charge on any atom is -0.496 e. The number of nitrogens with one attached hydrogen (secondary N) is 2. The molecule has 0 aliphatic rings. The molecular formula is C22H24N4O2. The lowest BCUT2D eigenvalue weighted by Crippen LogP contribution is -2.17. The maximum atomic E-state index is 12.6. The van der Waals surface area contributed by atoms with Crippen LogP contribution in [-0.4, -0.2) is 29.5 Å². The van der Waals surface area contributed by atoms with Crippen molar-refractivity contribution < 1.29 is 9.53 Å². The zero-order valence-corrected chi connectivity index (χ0v) is 16.3. The predicted octanol–water partition coefficient (Wildman–Crippen LogP) is 4.01. The van der Waals surface area contributed by atoms with Crippen LogP contribution in [0.4, 0.5) is 11.6 Å². The number of aromatic nitrogens is 2. The fraction of sp³-hybridized carbons (Fsp3) is 0.227. The van der Waals surface area contributed by atoms with E-state index in [2.05, 4.69) is 20.6 Å². The van der Waals surface area contributed by atoms with E-state index < -0.39 is 0 Å². The van der Waals surface area contributed by atoms with E-state index >= 15 is 0 Å². The van der Waals surface area contributed by atoms with Crippen molar-refractivity contribution in [1.82, 2.24) is 9.97 Å². The van der Waals surface area contributed by atoms with Gasteiger partial charge in [-0.05, 0) is 49.6 Å². The molecule has 3 rings (SSSR count). The molecular weight excluding hydrogens is 352 g/mol. The minimum atomic E-state index is -0.257. The molecule has 1 aromatic heterocycles. The smallest absolute Gasteiger partial charge is 0.274 e. The molecule has 0 aliphatic heterocycles. The number of ether oxygens (including phenoxy) is 1. The third kappa shape index (κ3) is 4.85. The highest BCUT2D eigenvalue weighted by Gasteiger charge is 2.12. The van der Waals surface area contributed by atoms with Gasteiger partial charge in [-0.1, -0.05) is 36.4 Å². The fourth-order valence-electron chi connectivity index (χ4n) is 2.88. The monoisotopic (exact) mass is 376 g/mol. The SMILES string of the molecule is COc1ccccc1CCNc1nc(C)cc(C(=O)Nc2ccccc2C)n1. The number of hydrogen-bond donors (Lipinski definition) is 2. The highest BCUT2D eigenvalue weighted by atomic mass is 16.5. The largest absolute Gasteiger partial charge is 0.496 e. The molecule has 0 unspecified atom stereocenters. The van der Waals surface area contributed by atoms with Gasteiger partial charge in [0.15, 0.2) is 0 Å². The Bertz CT molecular complexity index is 972. The van der Waals surface area contributed by atoms with Crippen molar-refractivity contribution in [3.05, 3.63) is 77.1 Å². The average Bonchev–Trinajstić information content (AvgIpc) is 2.69. The molecule has 2 N–H and O–H groups in total. The Morgan fingerprint density at radius 2 is 1.79 bits per heavy atom. The second-order valence-corrected chi connectivity index (χ2v) is 6.48. The lowest BCUT2D eigenvalue weighted by molar-refractivity contribution is 0.102. The first-order valence-corrected chi connectivity index (χ1v) is 9.15. The van der Waals surface area contributed by atoms with Crippen molar-refractivity contribution in [2.75, 3.05) is 24.3 Å². The Balaban J connectivity index is 1.67. The Kier molecular flexibility index (Phi) is 6.22. The summed E-state index contributed by atoms with van der Waals surface area (Å²) in [5.41, 5.74) is 3.93. The van der Waals surface area contributed by atoms with Gasteiger partial charge >= 0.3 is 0 Å². The van der Waals surface area contributed by atoms with Gasteiger partial charge < -0.3 is 15.4 Å². The topological polar surface area (TPSA) is 76.1 Å². The van der Waals surface area contributed by atoms with E-state index in [0.29, 0.717) is 18.2 Å². The van der Waals surface area contributed by atoms with Crippen LogP contribution < -0.4 is 15.4 Å². The minimum absolute atomic E-state index is 0.257. The summed E-state index contributed by atoms with van der Waals surface area (Å²) in [6, 6.07) is 17.2. The van der Waals surface area contributed by atoms with Gasteiger partial charge in [0.2, 0.25) is 5.95 Å². The number of rotatable bonds is 7. The van der Waals surface area contributed by atoms with Crippen LogP contribution in [0.5, 0.6) is 5.75 Å². The first-order valence-electron chi connectivity index (χ1n) is 9.15. The molecule has 28 heavy (non-hydrogen) atoms. The third-order valence-electron chi connectivity index (χ3n) is 4.35. The van der Waals surface area contributed by atoms with Gasteiger partial charge in [0.05, 0.1) is 7.11 Å². The molecule has 2 aromatic carbocycles. The first kappa shape index (κ1) is 19.4. The van der Waals surface area contributed by atoms with Crippen LogP contribution in [0.15, 0.2) is 54.6 Å². The van der Waals surface area contributed by atoms with Gasteiger partial charge in [-0.3, -0.25) is 4.79 Å². The summed E-state index contributed by atoms with van der Waals surface area (Å²) in [4.78, 5) is 21.4. The standard InChI is InChI=1S/C22H24N4O2/c1-15-8-4-6-10-18(15)25-21(27)19-14-16(2)24-22(26-19)23-13-12-17-9-5-7-11-20(17)28-3/h4-11,14H,12-13H2,1-3H3,(H,25,27)(H,23,24,26). The summed E-state index contributed by atoms with van der Waals surface area (Å²) in [5, 5.41) is 6.10. The molecule has 6 nitrogen and oxygen atoms in total. The van der Waals surface area contributed by atoms with E-state index in [1.54, 1.807) is 13.2 Å². The Morgan fingerprint density at radius 1 is 1.04 bits per heavy atom. The Hall–Kier alpha value is -3.41. The number of nitrogens with zero attached hydrogens (tertiary/aromatic N) is 2. The molecule has 0 atom stereocenters. The molecule has 0 radical (unpaired) electrons. The number of methoxy groups -OCH3 is 1. The fourth-order valence-corrected chi connectivity index (χ4v) is 2.88. The molecule has 0 saturated carbocycles. The average molecular weight is 376 g/mol. The zero-order chi connectivity index (χ0) is 19.9. The Morgan fingerprint density at radius 3 is 2.57 bits per heavy atom. The van der Waals surface area contributed by atoms with Gasteiger partial charge in [0.25, 0.3) is 5.91 Å². The van der Waals surface area contributed by atoms with Crippen LogP contribution in [0, 0.1) is 13.8 Å². The summed E-state index contributed by atoms with van der Waals surface area (Å²) in [6.45, 7) is 4.42. The second kappa shape index (κ2) is 8.99. The van der Waals surface area contributed by atoms with Gasteiger partial charge in [0, 0.05) is 17.9 Å². The van der Waals surface area contributed by atoms with Gasteiger partial charge in [-0.25, -0.2) is 9.97 Å². The highest BCUT2D eigenvalue weighted by Crippen LogP contribution is 2.18. The quantitative estimate of drug-likeness (QED) is 0.652. The van der Waals surface area contributed by atoms with Gasteiger partial charge in [-0.15, -0.1) is 0 Å².